The topological polar surface area (TPSA) is 29.3 Å². The van der Waals surface area contributed by atoms with Crippen LogP contribution in [0.3, 0.4) is 0 Å². The van der Waals surface area contributed by atoms with Gasteiger partial charge in [-0.15, -0.1) is 0 Å². The fraction of sp³-hybridized carbons (Fsp3) is 0.538. The molecule has 0 heterocycles. The smallest absolute Gasteiger partial charge is 0.127 e. The first-order chi connectivity index (χ1) is 7.63. The van der Waals surface area contributed by atoms with Gasteiger partial charge >= 0.3 is 0 Å². The first-order valence-electron chi connectivity index (χ1n) is 5.75. The molecule has 0 saturated heterocycles. The Kier molecular flexibility index (Phi) is 5.43. The van der Waals surface area contributed by atoms with Gasteiger partial charge in [0.1, 0.15) is 5.82 Å². The lowest BCUT2D eigenvalue weighted by Gasteiger charge is -2.21. The Labute approximate surface area is 97.3 Å². The summed E-state index contributed by atoms with van der Waals surface area (Å²) in [5.74, 6) is 0.433. The SMILES string of the molecule is CC(CCN)CN(C)Cc1ccccc1F. The van der Waals surface area contributed by atoms with Crippen molar-refractivity contribution in [1.29, 1.82) is 0 Å². The highest BCUT2D eigenvalue weighted by Gasteiger charge is 2.08. The second-order valence-corrected chi connectivity index (χ2v) is 4.47. The number of benzene rings is 1. The number of nitrogens with two attached hydrogens (primary N) is 1. The monoisotopic (exact) mass is 224 g/mol. The largest absolute Gasteiger partial charge is 0.330 e. The maximum absolute atomic E-state index is 13.4. The number of halogens is 1. The van der Waals surface area contributed by atoms with Gasteiger partial charge < -0.3 is 10.6 Å². The molecule has 0 aliphatic heterocycles. The van der Waals surface area contributed by atoms with Gasteiger partial charge in [-0.25, -0.2) is 4.39 Å². The van der Waals surface area contributed by atoms with Gasteiger partial charge in [0.2, 0.25) is 0 Å². The molecule has 0 spiro atoms. The normalized spacial score (nSPS) is 13.1. The third kappa shape index (κ3) is 4.29. The first-order valence-corrected chi connectivity index (χ1v) is 5.75. The molecule has 0 saturated carbocycles. The van der Waals surface area contributed by atoms with Crippen molar-refractivity contribution < 1.29 is 4.39 Å². The van der Waals surface area contributed by atoms with Gasteiger partial charge in [0.25, 0.3) is 0 Å². The summed E-state index contributed by atoms with van der Waals surface area (Å²) >= 11 is 0. The zero-order valence-electron chi connectivity index (χ0n) is 10.1. The molecule has 90 valence electrons. The summed E-state index contributed by atoms with van der Waals surface area (Å²) in [6.07, 6.45) is 1.02. The van der Waals surface area contributed by atoms with Crippen molar-refractivity contribution in [2.24, 2.45) is 11.7 Å². The Morgan fingerprint density at radius 1 is 1.38 bits per heavy atom. The predicted molar refractivity (Wildman–Crippen MR) is 65.6 cm³/mol. The van der Waals surface area contributed by atoms with Crippen LogP contribution in [0.5, 0.6) is 0 Å². The molecular formula is C13H21FN2. The number of nitrogens with zero attached hydrogens (tertiary/aromatic N) is 1. The minimum absolute atomic E-state index is 0.124. The van der Waals surface area contributed by atoms with E-state index in [-0.39, 0.29) is 5.82 Å². The Morgan fingerprint density at radius 3 is 2.69 bits per heavy atom. The van der Waals surface area contributed by atoms with E-state index in [1.165, 1.54) is 6.07 Å². The molecule has 3 heteroatoms. The van der Waals surface area contributed by atoms with Crippen LogP contribution in [0.2, 0.25) is 0 Å². The molecule has 0 amide bonds. The van der Waals surface area contributed by atoms with Crippen LogP contribution in [0.1, 0.15) is 18.9 Å². The third-order valence-corrected chi connectivity index (χ3v) is 2.68. The Hall–Kier alpha value is -0.930. The molecule has 2 nitrogen and oxygen atoms in total. The molecule has 16 heavy (non-hydrogen) atoms. The van der Waals surface area contributed by atoms with Crippen LogP contribution in [0, 0.1) is 11.7 Å². The van der Waals surface area contributed by atoms with Gasteiger partial charge in [-0.1, -0.05) is 25.1 Å². The van der Waals surface area contributed by atoms with Crippen molar-refractivity contribution >= 4 is 0 Å². The first kappa shape index (κ1) is 13.1. The Morgan fingerprint density at radius 2 is 2.06 bits per heavy atom. The maximum atomic E-state index is 13.4. The average molecular weight is 224 g/mol. The molecule has 0 bridgehead atoms. The predicted octanol–water partition coefficient (Wildman–Crippen LogP) is 2.24. The van der Waals surface area contributed by atoms with E-state index in [0.717, 1.165) is 18.5 Å². The standard InChI is InChI=1S/C13H21FN2/c1-11(7-8-15)9-16(2)10-12-5-3-4-6-13(12)14/h3-6,11H,7-10,15H2,1-2H3. The molecular weight excluding hydrogens is 203 g/mol. The maximum Gasteiger partial charge on any atom is 0.127 e. The minimum atomic E-state index is -0.124. The van der Waals surface area contributed by atoms with Crippen molar-refractivity contribution in [2.45, 2.75) is 19.9 Å². The van der Waals surface area contributed by atoms with Gasteiger partial charge in [0.05, 0.1) is 0 Å². The Bertz CT molecular complexity index is 315. The van der Waals surface area contributed by atoms with Crippen molar-refractivity contribution in [3.8, 4) is 0 Å². The van der Waals surface area contributed by atoms with E-state index >= 15 is 0 Å². The molecule has 1 atom stereocenters. The minimum Gasteiger partial charge on any atom is -0.330 e. The fourth-order valence-corrected chi connectivity index (χ4v) is 1.89. The van der Waals surface area contributed by atoms with Gasteiger partial charge in [0, 0.05) is 18.7 Å². The summed E-state index contributed by atoms with van der Waals surface area (Å²) in [6.45, 7) is 4.49. The highest BCUT2D eigenvalue weighted by Crippen LogP contribution is 2.10. The van der Waals surface area contributed by atoms with E-state index in [2.05, 4.69) is 11.8 Å². The van der Waals surface area contributed by atoms with E-state index < -0.39 is 0 Å². The molecule has 1 rings (SSSR count). The van der Waals surface area contributed by atoms with Crippen molar-refractivity contribution in [3.63, 3.8) is 0 Å². The van der Waals surface area contributed by atoms with E-state index in [1.807, 2.05) is 19.2 Å². The van der Waals surface area contributed by atoms with Crippen LogP contribution >= 0.6 is 0 Å². The van der Waals surface area contributed by atoms with Gasteiger partial charge in [-0.05, 0) is 32.0 Å². The zero-order valence-corrected chi connectivity index (χ0v) is 10.1. The summed E-state index contributed by atoms with van der Waals surface area (Å²) in [4.78, 5) is 2.14. The van der Waals surface area contributed by atoms with E-state index in [9.17, 15) is 4.39 Å². The van der Waals surface area contributed by atoms with Crippen LogP contribution in [0.25, 0.3) is 0 Å². The highest BCUT2D eigenvalue weighted by molar-refractivity contribution is 5.16. The summed E-state index contributed by atoms with van der Waals surface area (Å²) in [6, 6.07) is 6.93. The second-order valence-electron chi connectivity index (χ2n) is 4.47. The lowest BCUT2D eigenvalue weighted by Crippen LogP contribution is -2.25. The fourth-order valence-electron chi connectivity index (χ4n) is 1.89. The summed E-state index contributed by atoms with van der Waals surface area (Å²) < 4.78 is 13.4. The van der Waals surface area contributed by atoms with E-state index in [4.69, 9.17) is 5.73 Å². The molecule has 1 unspecified atom stereocenters. The Balaban J connectivity index is 2.45. The average Bonchev–Trinajstić information content (AvgIpc) is 2.21. The molecule has 1 aromatic rings. The summed E-state index contributed by atoms with van der Waals surface area (Å²) in [7, 11) is 2.01. The van der Waals surface area contributed by atoms with Crippen molar-refractivity contribution in [2.75, 3.05) is 20.1 Å². The number of rotatable bonds is 6. The third-order valence-electron chi connectivity index (χ3n) is 2.68. The van der Waals surface area contributed by atoms with Crippen molar-refractivity contribution in [3.05, 3.63) is 35.6 Å². The van der Waals surface area contributed by atoms with Gasteiger partial charge in [0.15, 0.2) is 0 Å². The summed E-state index contributed by atoms with van der Waals surface area (Å²) in [5.41, 5.74) is 6.26. The van der Waals surface area contributed by atoms with Crippen LogP contribution in [0.15, 0.2) is 24.3 Å². The van der Waals surface area contributed by atoms with Crippen LogP contribution < -0.4 is 5.73 Å². The molecule has 0 radical (unpaired) electrons. The van der Waals surface area contributed by atoms with Crippen molar-refractivity contribution in [1.82, 2.24) is 4.90 Å². The lowest BCUT2D eigenvalue weighted by molar-refractivity contribution is 0.269. The highest BCUT2D eigenvalue weighted by atomic mass is 19.1. The van der Waals surface area contributed by atoms with E-state index in [1.54, 1.807) is 6.07 Å². The molecule has 0 aliphatic carbocycles. The lowest BCUT2D eigenvalue weighted by atomic mass is 10.1. The van der Waals surface area contributed by atoms with Gasteiger partial charge in [-0.2, -0.15) is 0 Å². The number of hydrogen-bond acceptors (Lipinski definition) is 2. The molecule has 0 fully saturated rings. The quantitative estimate of drug-likeness (QED) is 0.803. The van der Waals surface area contributed by atoms with E-state index in [0.29, 0.717) is 19.0 Å². The van der Waals surface area contributed by atoms with Gasteiger partial charge in [-0.3, -0.25) is 0 Å². The zero-order chi connectivity index (χ0) is 12.0. The van der Waals surface area contributed by atoms with Crippen LogP contribution in [0.4, 0.5) is 4.39 Å². The molecule has 2 N–H and O–H groups in total. The van der Waals surface area contributed by atoms with Crippen LogP contribution in [-0.4, -0.2) is 25.0 Å². The summed E-state index contributed by atoms with van der Waals surface area (Å²) in [5, 5.41) is 0. The molecule has 0 aliphatic rings. The van der Waals surface area contributed by atoms with Crippen LogP contribution in [-0.2, 0) is 6.54 Å². The number of hydrogen-bond donors (Lipinski definition) is 1. The second kappa shape index (κ2) is 6.61. The molecule has 0 aromatic heterocycles. The molecule has 1 aromatic carbocycles.